The number of aromatic nitrogens is 1. The van der Waals surface area contributed by atoms with Crippen LogP contribution in [0.15, 0.2) is 64.2 Å². The number of hydrogen-bond acceptors (Lipinski definition) is 3. The summed E-state index contributed by atoms with van der Waals surface area (Å²) < 4.78 is 0.991. The van der Waals surface area contributed by atoms with E-state index in [0.717, 1.165) is 38.8 Å². The fraction of sp³-hybridized carbons (Fsp3) is 0.190. The number of hydrogen-bond donors (Lipinski definition) is 1. The van der Waals surface area contributed by atoms with Crippen LogP contribution in [0.25, 0.3) is 10.9 Å². The second kappa shape index (κ2) is 9.11. The Morgan fingerprint density at radius 2 is 1.93 bits per heavy atom. The summed E-state index contributed by atoms with van der Waals surface area (Å²) in [7, 11) is 0. The minimum atomic E-state index is -0.253. The van der Waals surface area contributed by atoms with Gasteiger partial charge < -0.3 is 0 Å². The first kappa shape index (κ1) is 19.5. The number of nitrogens with zero attached hydrogens (tertiary/aromatic N) is 2. The minimum Gasteiger partial charge on any atom is -0.267 e. The Morgan fingerprint density at radius 1 is 1.19 bits per heavy atom. The van der Waals surface area contributed by atoms with E-state index in [2.05, 4.69) is 31.4 Å². The van der Waals surface area contributed by atoms with Crippen LogP contribution in [-0.2, 0) is 0 Å². The molecule has 138 valence electrons. The molecular formula is C21H19BrClN3O. The van der Waals surface area contributed by atoms with Gasteiger partial charge in [0.1, 0.15) is 0 Å². The van der Waals surface area contributed by atoms with Crippen LogP contribution in [0.2, 0.25) is 0 Å². The van der Waals surface area contributed by atoms with Crippen LogP contribution >= 0.6 is 27.5 Å². The first-order chi connectivity index (χ1) is 13.1. The van der Waals surface area contributed by atoms with Crippen molar-refractivity contribution in [2.24, 2.45) is 5.10 Å². The van der Waals surface area contributed by atoms with Gasteiger partial charge in [-0.25, -0.2) is 5.43 Å². The molecule has 1 N–H and O–H groups in total. The molecule has 1 heterocycles. The molecule has 1 amide bonds. The maximum absolute atomic E-state index is 12.8. The molecule has 3 rings (SSSR count). The molecule has 0 bridgehead atoms. The largest absolute Gasteiger partial charge is 0.272 e. The van der Waals surface area contributed by atoms with E-state index in [4.69, 9.17) is 11.6 Å². The highest BCUT2D eigenvalue weighted by Gasteiger charge is 2.12. The van der Waals surface area contributed by atoms with Crippen molar-refractivity contribution >= 4 is 50.1 Å². The Kier molecular flexibility index (Phi) is 6.58. The van der Waals surface area contributed by atoms with Crippen molar-refractivity contribution in [3.05, 3.63) is 75.9 Å². The molecule has 0 saturated heterocycles. The van der Waals surface area contributed by atoms with Gasteiger partial charge in [0, 0.05) is 21.4 Å². The average Bonchev–Trinajstić information content (AvgIpc) is 2.68. The summed E-state index contributed by atoms with van der Waals surface area (Å²) in [6, 6.07) is 17.2. The third-order valence-electron chi connectivity index (χ3n) is 4.11. The molecule has 0 unspecified atom stereocenters. The number of fused-ring (bicyclic) bond motifs is 1. The van der Waals surface area contributed by atoms with Crippen molar-refractivity contribution < 1.29 is 4.79 Å². The van der Waals surface area contributed by atoms with Crippen LogP contribution in [0, 0.1) is 6.92 Å². The SMILES string of the molecule is Cc1cc(C(=O)N/N=C(\CCCCl)c2ccc(Br)cc2)c2ccccc2n1. The van der Waals surface area contributed by atoms with Gasteiger partial charge in [-0.15, -0.1) is 11.6 Å². The Bertz CT molecular complexity index is 986. The Labute approximate surface area is 171 Å². The monoisotopic (exact) mass is 443 g/mol. The maximum Gasteiger partial charge on any atom is 0.272 e. The van der Waals surface area contributed by atoms with Gasteiger partial charge in [0.05, 0.1) is 16.8 Å². The van der Waals surface area contributed by atoms with E-state index in [9.17, 15) is 4.79 Å². The van der Waals surface area contributed by atoms with Crippen molar-refractivity contribution in [2.75, 3.05) is 5.88 Å². The molecular weight excluding hydrogens is 426 g/mol. The summed E-state index contributed by atoms with van der Waals surface area (Å²) in [5, 5.41) is 5.20. The lowest BCUT2D eigenvalue weighted by molar-refractivity contribution is 0.0956. The number of nitrogens with one attached hydrogen (secondary N) is 1. The van der Waals surface area contributed by atoms with Crippen LogP contribution in [0.3, 0.4) is 0 Å². The van der Waals surface area contributed by atoms with Crippen molar-refractivity contribution in [1.29, 1.82) is 0 Å². The van der Waals surface area contributed by atoms with Gasteiger partial charge in [0.25, 0.3) is 5.91 Å². The van der Waals surface area contributed by atoms with Gasteiger partial charge in [0.15, 0.2) is 0 Å². The summed E-state index contributed by atoms with van der Waals surface area (Å²) in [6.45, 7) is 1.88. The molecule has 0 aliphatic carbocycles. The molecule has 0 radical (unpaired) electrons. The van der Waals surface area contributed by atoms with E-state index in [-0.39, 0.29) is 5.91 Å². The molecule has 2 aromatic carbocycles. The number of carbonyl (C=O) groups excluding carboxylic acids is 1. The number of para-hydroxylation sites is 1. The number of benzene rings is 2. The van der Waals surface area contributed by atoms with Crippen molar-refractivity contribution in [1.82, 2.24) is 10.4 Å². The Hall–Kier alpha value is -2.24. The van der Waals surface area contributed by atoms with Crippen LogP contribution in [0.4, 0.5) is 0 Å². The predicted octanol–water partition coefficient (Wildman–Crippen LogP) is 5.46. The van der Waals surface area contributed by atoms with Gasteiger partial charge in [-0.2, -0.15) is 5.10 Å². The quantitative estimate of drug-likeness (QED) is 0.312. The van der Waals surface area contributed by atoms with E-state index >= 15 is 0 Å². The second-order valence-corrected chi connectivity index (χ2v) is 7.42. The summed E-state index contributed by atoms with van der Waals surface area (Å²) in [4.78, 5) is 17.3. The molecule has 0 atom stereocenters. The number of hydrazone groups is 1. The van der Waals surface area contributed by atoms with Gasteiger partial charge in [-0.05, 0) is 49.6 Å². The zero-order valence-electron chi connectivity index (χ0n) is 14.9. The fourth-order valence-electron chi connectivity index (χ4n) is 2.82. The lowest BCUT2D eigenvalue weighted by Crippen LogP contribution is -2.21. The number of rotatable bonds is 6. The molecule has 4 nitrogen and oxygen atoms in total. The Morgan fingerprint density at radius 3 is 2.67 bits per heavy atom. The third-order valence-corrected chi connectivity index (χ3v) is 4.90. The van der Waals surface area contributed by atoms with Gasteiger partial charge in [-0.1, -0.05) is 46.3 Å². The molecule has 1 aromatic heterocycles. The van der Waals surface area contributed by atoms with Crippen molar-refractivity contribution in [3.63, 3.8) is 0 Å². The highest BCUT2D eigenvalue weighted by atomic mass is 79.9. The molecule has 3 aromatic rings. The predicted molar refractivity (Wildman–Crippen MR) is 115 cm³/mol. The topological polar surface area (TPSA) is 54.4 Å². The summed E-state index contributed by atoms with van der Waals surface area (Å²) in [5.41, 5.74) is 6.61. The number of carbonyl (C=O) groups is 1. The molecule has 27 heavy (non-hydrogen) atoms. The minimum absolute atomic E-state index is 0.253. The summed E-state index contributed by atoms with van der Waals surface area (Å²) >= 11 is 9.28. The standard InChI is InChI=1S/C21H19BrClN3O/c1-14-13-18(17-5-2-3-6-20(17)24-14)21(27)26-25-19(7-4-12-23)15-8-10-16(22)11-9-15/h2-3,5-6,8-11,13H,4,7,12H2,1H3,(H,26,27)/b25-19+. The Balaban J connectivity index is 1.90. The highest BCUT2D eigenvalue weighted by molar-refractivity contribution is 9.10. The number of alkyl halides is 1. The average molecular weight is 445 g/mol. The van der Waals surface area contributed by atoms with Crippen LogP contribution in [-0.4, -0.2) is 22.5 Å². The van der Waals surface area contributed by atoms with Crippen LogP contribution < -0.4 is 5.43 Å². The first-order valence-corrected chi connectivity index (χ1v) is 9.96. The van der Waals surface area contributed by atoms with Gasteiger partial charge in [0.2, 0.25) is 0 Å². The van der Waals surface area contributed by atoms with Gasteiger partial charge in [-0.3, -0.25) is 9.78 Å². The number of halogens is 2. The number of pyridine rings is 1. The normalized spacial score (nSPS) is 11.6. The number of amides is 1. The zero-order chi connectivity index (χ0) is 19.2. The molecule has 0 fully saturated rings. The van der Waals surface area contributed by atoms with E-state index in [0.29, 0.717) is 17.9 Å². The van der Waals surface area contributed by atoms with E-state index in [1.807, 2.05) is 55.5 Å². The molecule has 0 saturated carbocycles. The molecule has 0 aliphatic rings. The zero-order valence-corrected chi connectivity index (χ0v) is 17.2. The molecule has 0 spiro atoms. The van der Waals surface area contributed by atoms with Crippen molar-refractivity contribution in [3.8, 4) is 0 Å². The second-order valence-electron chi connectivity index (χ2n) is 6.13. The molecule has 6 heteroatoms. The van der Waals surface area contributed by atoms with E-state index in [1.54, 1.807) is 6.07 Å². The highest BCUT2D eigenvalue weighted by Crippen LogP contribution is 2.18. The van der Waals surface area contributed by atoms with Crippen LogP contribution in [0.1, 0.15) is 34.5 Å². The lowest BCUT2D eigenvalue weighted by atomic mass is 10.1. The van der Waals surface area contributed by atoms with Gasteiger partial charge >= 0.3 is 0 Å². The maximum atomic E-state index is 12.8. The van der Waals surface area contributed by atoms with Crippen molar-refractivity contribution in [2.45, 2.75) is 19.8 Å². The van der Waals surface area contributed by atoms with E-state index < -0.39 is 0 Å². The third kappa shape index (κ3) is 4.93. The fourth-order valence-corrected chi connectivity index (χ4v) is 3.21. The molecule has 0 aliphatic heterocycles. The summed E-state index contributed by atoms with van der Waals surface area (Å²) in [6.07, 6.45) is 1.46. The summed E-state index contributed by atoms with van der Waals surface area (Å²) in [5.74, 6) is 0.287. The van der Waals surface area contributed by atoms with E-state index in [1.165, 1.54) is 0 Å². The number of aryl methyl sites for hydroxylation is 1. The smallest absolute Gasteiger partial charge is 0.267 e. The lowest BCUT2D eigenvalue weighted by Gasteiger charge is -2.09. The van der Waals surface area contributed by atoms with Crippen LogP contribution in [0.5, 0.6) is 0 Å². The first-order valence-electron chi connectivity index (χ1n) is 8.63.